The van der Waals surface area contributed by atoms with Gasteiger partial charge >= 0.3 is 0 Å². The molecule has 0 unspecified atom stereocenters. The van der Waals surface area contributed by atoms with E-state index < -0.39 is 0 Å². The van der Waals surface area contributed by atoms with Crippen LogP contribution >= 0.6 is 0 Å². The third kappa shape index (κ3) is 2.12. The minimum Gasteiger partial charge on any atom is -0.378 e. The molecule has 1 aliphatic heterocycles. The van der Waals surface area contributed by atoms with Crippen molar-refractivity contribution in [3.8, 4) is 6.07 Å². The number of nitriles is 1. The Morgan fingerprint density at radius 3 is 2.89 bits per heavy atom. The molecule has 0 radical (unpaired) electrons. The predicted octanol–water partition coefficient (Wildman–Crippen LogP) is 1.81. The number of aromatic nitrogens is 1. The molecule has 1 N–H and O–H groups in total. The number of rotatable bonds is 4. The van der Waals surface area contributed by atoms with Crippen molar-refractivity contribution in [3.05, 3.63) is 36.0 Å². The van der Waals surface area contributed by atoms with Crippen LogP contribution in [0.25, 0.3) is 10.9 Å². The lowest BCUT2D eigenvalue weighted by Crippen LogP contribution is -2.48. The third-order valence-electron chi connectivity index (χ3n) is 3.75. The summed E-state index contributed by atoms with van der Waals surface area (Å²) in [5, 5.41) is 13.8. The second kappa shape index (κ2) is 4.69. The largest absolute Gasteiger partial charge is 0.378 e. The lowest BCUT2D eigenvalue weighted by Gasteiger charge is -2.35. The van der Waals surface area contributed by atoms with E-state index >= 15 is 0 Å². The molecule has 1 aromatic heterocycles. The summed E-state index contributed by atoms with van der Waals surface area (Å²) in [6.45, 7) is 2.57. The van der Waals surface area contributed by atoms with Crippen LogP contribution in [-0.4, -0.2) is 24.3 Å². The summed E-state index contributed by atoms with van der Waals surface area (Å²) < 4.78 is 7.28. The average molecular weight is 255 g/mol. The van der Waals surface area contributed by atoms with Crippen LogP contribution < -0.4 is 5.32 Å². The Balaban J connectivity index is 1.71. The zero-order valence-corrected chi connectivity index (χ0v) is 11.0. The molecule has 0 saturated carbocycles. The van der Waals surface area contributed by atoms with Crippen LogP contribution in [-0.2, 0) is 18.3 Å². The molecule has 2 aromatic rings. The number of nitrogens with one attached hydrogen (secondary N) is 1. The molecule has 1 saturated heterocycles. The number of hydrogen-bond donors (Lipinski definition) is 1. The number of aryl methyl sites for hydroxylation is 1. The number of hydrogen-bond acceptors (Lipinski definition) is 3. The standard InChI is InChI=1S/C15H17N3O/c1-18-7-12(13-4-2-3-5-14(13)18)6-17-9-15(8-16)10-19-11-15/h2-5,7,17H,6,9-11H2,1H3. The fourth-order valence-electron chi connectivity index (χ4n) is 2.56. The third-order valence-corrected chi connectivity index (χ3v) is 3.75. The van der Waals surface area contributed by atoms with Gasteiger partial charge in [0.2, 0.25) is 0 Å². The van der Waals surface area contributed by atoms with Gasteiger partial charge in [0.15, 0.2) is 0 Å². The van der Waals surface area contributed by atoms with Crippen molar-refractivity contribution in [2.24, 2.45) is 12.5 Å². The van der Waals surface area contributed by atoms with Crippen LogP contribution in [0.4, 0.5) is 0 Å². The van der Waals surface area contributed by atoms with Crippen LogP contribution in [0.1, 0.15) is 5.56 Å². The van der Waals surface area contributed by atoms with Crippen molar-refractivity contribution >= 4 is 10.9 Å². The fraction of sp³-hybridized carbons (Fsp3) is 0.400. The Morgan fingerprint density at radius 1 is 1.42 bits per heavy atom. The second-order valence-electron chi connectivity index (χ2n) is 5.27. The highest BCUT2D eigenvalue weighted by molar-refractivity contribution is 5.83. The summed E-state index contributed by atoms with van der Waals surface area (Å²) in [7, 11) is 2.06. The molecule has 1 fully saturated rings. The van der Waals surface area contributed by atoms with E-state index in [1.807, 2.05) is 0 Å². The van der Waals surface area contributed by atoms with Gasteiger partial charge in [0.1, 0.15) is 5.41 Å². The van der Waals surface area contributed by atoms with Crippen LogP contribution in [0, 0.1) is 16.7 Å². The molecule has 1 aromatic carbocycles. The maximum atomic E-state index is 9.14. The molecule has 0 amide bonds. The van der Waals surface area contributed by atoms with Crippen molar-refractivity contribution in [3.63, 3.8) is 0 Å². The summed E-state index contributed by atoms with van der Waals surface area (Å²) in [6.07, 6.45) is 2.15. The van der Waals surface area contributed by atoms with Crippen LogP contribution in [0.2, 0.25) is 0 Å². The van der Waals surface area contributed by atoms with Gasteiger partial charge in [-0.1, -0.05) is 18.2 Å². The molecule has 0 bridgehead atoms. The smallest absolute Gasteiger partial charge is 0.116 e. The number of ether oxygens (including phenoxy) is 1. The molecule has 4 heteroatoms. The average Bonchev–Trinajstić information content (AvgIpc) is 2.71. The van der Waals surface area contributed by atoms with E-state index in [2.05, 4.69) is 53.5 Å². The van der Waals surface area contributed by atoms with Gasteiger partial charge in [-0.2, -0.15) is 5.26 Å². The molecule has 1 aliphatic rings. The maximum Gasteiger partial charge on any atom is 0.116 e. The Kier molecular flexibility index (Phi) is 3.02. The molecule has 4 nitrogen and oxygen atoms in total. The number of nitrogens with zero attached hydrogens (tertiary/aromatic N) is 2. The monoisotopic (exact) mass is 255 g/mol. The Labute approximate surface area is 112 Å². The first-order chi connectivity index (χ1) is 9.24. The highest BCUT2D eigenvalue weighted by Crippen LogP contribution is 2.26. The zero-order valence-electron chi connectivity index (χ0n) is 11.0. The van der Waals surface area contributed by atoms with E-state index in [0.717, 1.165) is 6.54 Å². The van der Waals surface area contributed by atoms with E-state index in [-0.39, 0.29) is 5.41 Å². The van der Waals surface area contributed by atoms with Crippen molar-refractivity contribution < 1.29 is 4.74 Å². The van der Waals surface area contributed by atoms with E-state index in [1.165, 1.54) is 16.5 Å². The summed E-state index contributed by atoms with van der Waals surface area (Å²) in [5.41, 5.74) is 2.19. The summed E-state index contributed by atoms with van der Waals surface area (Å²) >= 11 is 0. The first-order valence-electron chi connectivity index (χ1n) is 6.47. The van der Waals surface area contributed by atoms with Crippen molar-refractivity contribution in [1.29, 1.82) is 5.26 Å². The van der Waals surface area contributed by atoms with Crippen LogP contribution in [0.3, 0.4) is 0 Å². The van der Waals surface area contributed by atoms with Crippen molar-refractivity contribution in [2.75, 3.05) is 19.8 Å². The van der Waals surface area contributed by atoms with Crippen molar-refractivity contribution in [2.45, 2.75) is 6.54 Å². The summed E-state index contributed by atoms with van der Waals surface area (Å²) in [5.74, 6) is 0. The summed E-state index contributed by atoms with van der Waals surface area (Å²) in [4.78, 5) is 0. The minimum atomic E-state index is -0.315. The molecular weight excluding hydrogens is 238 g/mol. The van der Waals surface area contributed by atoms with Crippen molar-refractivity contribution in [1.82, 2.24) is 9.88 Å². The predicted molar refractivity (Wildman–Crippen MR) is 73.5 cm³/mol. The molecule has 0 spiro atoms. The Bertz CT molecular complexity index is 634. The van der Waals surface area contributed by atoms with E-state index in [0.29, 0.717) is 19.8 Å². The van der Waals surface area contributed by atoms with E-state index in [1.54, 1.807) is 0 Å². The van der Waals surface area contributed by atoms with E-state index in [4.69, 9.17) is 10.00 Å². The van der Waals surface area contributed by atoms with Gasteiger partial charge in [-0.15, -0.1) is 0 Å². The normalized spacial score (nSPS) is 17.1. The van der Waals surface area contributed by atoms with Gasteiger partial charge in [0, 0.05) is 37.2 Å². The van der Waals surface area contributed by atoms with Gasteiger partial charge in [-0.05, 0) is 11.6 Å². The topological polar surface area (TPSA) is 50.0 Å². The lowest BCUT2D eigenvalue weighted by molar-refractivity contribution is -0.0755. The Hall–Kier alpha value is -1.83. The molecule has 98 valence electrons. The molecule has 0 atom stereocenters. The highest BCUT2D eigenvalue weighted by Gasteiger charge is 2.38. The van der Waals surface area contributed by atoms with Crippen LogP contribution in [0.15, 0.2) is 30.5 Å². The number of fused-ring (bicyclic) bond motifs is 1. The second-order valence-corrected chi connectivity index (χ2v) is 5.27. The highest BCUT2D eigenvalue weighted by atomic mass is 16.5. The lowest BCUT2D eigenvalue weighted by atomic mass is 9.88. The fourth-order valence-corrected chi connectivity index (χ4v) is 2.56. The van der Waals surface area contributed by atoms with Gasteiger partial charge in [-0.3, -0.25) is 0 Å². The number of para-hydroxylation sites is 1. The van der Waals surface area contributed by atoms with Crippen LogP contribution in [0.5, 0.6) is 0 Å². The molecule has 2 heterocycles. The molecule has 0 aliphatic carbocycles. The maximum absolute atomic E-state index is 9.14. The first-order valence-corrected chi connectivity index (χ1v) is 6.47. The zero-order chi connectivity index (χ0) is 13.3. The Morgan fingerprint density at radius 2 is 2.21 bits per heavy atom. The quantitative estimate of drug-likeness (QED) is 0.906. The number of benzene rings is 1. The van der Waals surface area contributed by atoms with Gasteiger partial charge in [-0.25, -0.2) is 0 Å². The van der Waals surface area contributed by atoms with Gasteiger partial charge in [0.25, 0.3) is 0 Å². The molecular formula is C15H17N3O. The van der Waals surface area contributed by atoms with Gasteiger partial charge < -0.3 is 14.6 Å². The first kappa shape index (κ1) is 12.2. The summed E-state index contributed by atoms with van der Waals surface area (Å²) in [6, 6.07) is 10.7. The SMILES string of the molecule is Cn1cc(CNCC2(C#N)COC2)c2ccccc21. The molecule has 3 rings (SSSR count). The van der Waals surface area contributed by atoms with Gasteiger partial charge in [0.05, 0.1) is 19.3 Å². The van der Waals surface area contributed by atoms with E-state index in [9.17, 15) is 0 Å². The minimum absolute atomic E-state index is 0.315. The molecule has 19 heavy (non-hydrogen) atoms.